The van der Waals surface area contributed by atoms with Gasteiger partial charge in [0.25, 0.3) is 0 Å². The Bertz CT molecular complexity index is 609. The van der Waals surface area contributed by atoms with Gasteiger partial charge >= 0.3 is 6.09 Å². The summed E-state index contributed by atoms with van der Waals surface area (Å²) in [6, 6.07) is 9.68. The quantitative estimate of drug-likeness (QED) is 0.439. The monoisotopic (exact) mass is 437 g/mol. The van der Waals surface area contributed by atoms with E-state index in [4.69, 9.17) is 28.4 Å². The normalized spacial score (nSPS) is 21.4. The first-order valence-electron chi connectivity index (χ1n) is 11.3. The number of nitrogens with zero attached hydrogens (tertiary/aromatic N) is 1. The van der Waals surface area contributed by atoms with Crippen molar-refractivity contribution in [3.63, 3.8) is 0 Å². The molecule has 0 spiro atoms. The van der Waals surface area contributed by atoms with E-state index in [-0.39, 0.29) is 25.1 Å². The van der Waals surface area contributed by atoms with Crippen LogP contribution in [-0.4, -0.2) is 82.7 Å². The third-order valence-corrected chi connectivity index (χ3v) is 5.23. The second kappa shape index (κ2) is 14.4. The second-order valence-electron chi connectivity index (χ2n) is 7.66. The summed E-state index contributed by atoms with van der Waals surface area (Å²) in [5, 5.41) is 0. The van der Waals surface area contributed by atoms with Crippen LogP contribution >= 0.6 is 0 Å². The zero-order valence-corrected chi connectivity index (χ0v) is 18.2. The Kier molecular flexibility index (Phi) is 11.1. The van der Waals surface area contributed by atoms with Crippen LogP contribution in [0.25, 0.3) is 0 Å². The van der Waals surface area contributed by atoms with Crippen molar-refractivity contribution >= 4 is 6.09 Å². The molecule has 2 aliphatic rings. The van der Waals surface area contributed by atoms with Gasteiger partial charge in [-0.2, -0.15) is 0 Å². The number of rotatable bonds is 13. The Morgan fingerprint density at radius 3 is 2.42 bits per heavy atom. The van der Waals surface area contributed by atoms with Crippen molar-refractivity contribution in [2.45, 2.75) is 44.7 Å². The molecule has 2 atom stereocenters. The average Bonchev–Trinajstić information content (AvgIpc) is 3.29. The fourth-order valence-electron chi connectivity index (χ4n) is 3.52. The molecular formula is C23H35NO7. The zero-order valence-electron chi connectivity index (χ0n) is 18.2. The lowest BCUT2D eigenvalue weighted by atomic mass is 10.2. The highest BCUT2D eigenvalue weighted by Gasteiger charge is 2.27. The van der Waals surface area contributed by atoms with Gasteiger partial charge in [-0.1, -0.05) is 30.3 Å². The molecule has 2 aliphatic heterocycles. The van der Waals surface area contributed by atoms with Crippen LogP contribution in [0.2, 0.25) is 0 Å². The van der Waals surface area contributed by atoms with Crippen molar-refractivity contribution in [3.05, 3.63) is 35.9 Å². The van der Waals surface area contributed by atoms with Gasteiger partial charge in [0.2, 0.25) is 0 Å². The van der Waals surface area contributed by atoms with E-state index in [1.807, 2.05) is 30.3 Å². The van der Waals surface area contributed by atoms with Gasteiger partial charge in [0.1, 0.15) is 6.61 Å². The first kappa shape index (κ1) is 23.9. The third-order valence-electron chi connectivity index (χ3n) is 5.23. The van der Waals surface area contributed by atoms with E-state index < -0.39 is 0 Å². The summed E-state index contributed by atoms with van der Waals surface area (Å²) in [7, 11) is 0. The van der Waals surface area contributed by atoms with Crippen LogP contribution in [0.15, 0.2) is 30.3 Å². The largest absolute Gasteiger partial charge is 0.445 e. The molecule has 3 rings (SSSR count). The summed E-state index contributed by atoms with van der Waals surface area (Å²) < 4.78 is 33.3. The van der Waals surface area contributed by atoms with Crippen molar-refractivity contribution < 1.29 is 33.2 Å². The van der Waals surface area contributed by atoms with Crippen LogP contribution in [-0.2, 0) is 35.0 Å². The minimum atomic E-state index is -0.289. The highest BCUT2D eigenvalue weighted by molar-refractivity contribution is 5.68. The van der Waals surface area contributed by atoms with Crippen molar-refractivity contribution in [2.24, 2.45) is 0 Å². The number of carbonyl (C=O) groups is 1. The number of hydrogen-bond donors (Lipinski definition) is 0. The minimum Gasteiger partial charge on any atom is -0.445 e. The van der Waals surface area contributed by atoms with E-state index in [2.05, 4.69) is 0 Å². The van der Waals surface area contributed by atoms with Gasteiger partial charge in [-0.05, 0) is 31.2 Å². The van der Waals surface area contributed by atoms with E-state index in [0.717, 1.165) is 31.4 Å². The summed E-state index contributed by atoms with van der Waals surface area (Å²) in [5.41, 5.74) is 0.981. The SMILES string of the molecule is O=C(OCc1ccccc1)N1CC[C@H](OCCOCCOCCOC2CCCCO2)C1. The topological polar surface area (TPSA) is 75.7 Å². The van der Waals surface area contributed by atoms with Crippen molar-refractivity contribution in [3.8, 4) is 0 Å². The number of amides is 1. The second-order valence-corrected chi connectivity index (χ2v) is 7.66. The maximum Gasteiger partial charge on any atom is 0.410 e. The first-order chi connectivity index (χ1) is 15.3. The van der Waals surface area contributed by atoms with Gasteiger partial charge in [0, 0.05) is 13.2 Å². The molecule has 0 N–H and O–H groups in total. The predicted molar refractivity (Wildman–Crippen MR) is 114 cm³/mol. The Labute approximate surface area is 184 Å². The molecule has 1 aromatic rings. The Balaban J connectivity index is 1.12. The molecule has 0 aliphatic carbocycles. The number of hydrogen-bond acceptors (Lipinski definition) is 7. The van der Waals surface area contributed by atoms with Gasteiger partial charge in [-0.3, -0.25) is 0 Å². The zero-order chi connectivity index (χ0) is 21.6. The third kappa shape index (κ3) is 9.53. The summed E-state index contributed by atoms with van der Waals surface area (Å²) >= 11 is 0. The summed E-state index contributed by atoms with van der Waals surface area (Å²) in [6.07, 6.45) is 3.75. The van der Waals surface area contributed by atoms with Crippen LogP contribution in [0.3, 0.4) is 0 Å². The van der Waals surface area contributed by atoms with Crippen molar-refractivity contribution in [1.29, 1.82) is 0 Å². The molecule has 8 nitrogen and oxygen atoms in total. The smallest absolute Gasteiger partial charge is 0.410 e. The number of carbonyl (C=O) groups excluding carboxylic acids is 1. The molecule has 31 heavy (non-hydrogen) atoms. The molecule has 2 heterocycles. The Morgan fingerprint density at radius 2 is 1.68 bits per heavy atom. The van der Waals surface area contributed by atoms with Gasteiger partial charge in [0.05, 0.1) is 52.3 Å². The molecule has 1 aromatic carbocycles. The van der Waals surface area contributed by atoms with Crippen LogP contribution in [0.1, 0.15) is 31.2 Å². The lowest BCUT2D eigenvalue weighted by molar-refractivity contribution is -0.169. The molecule has 0 radical (unpaired) electrons. The maximum atomic E-state index is 12.2. The van der Waals surface area contributed by atoms with Crippen molar-refractivity contribution in [2.75, 3.05) is 59.3 Å². The predicted octanol–water partition coefficient (Wildman–Crippen LogP) is 2.99. The molecule has 2 saturated heterocycles. The first-order valence-corrected chi connectivity index (χ1v) is 11.3. The Morgan fingerprint density at radius 1 is 0.935 bits per heavy atom. The van der Waals surface area contributed by atoms with Crippen LogP contribution in [0, 0.1) is 0 Å². The van der Waals surface area contributed by atoms with Crippen LogP contribution in [0.5, 0.6) is 0 Å². The standard InChI is InChI=1S/C23H35NO7/c25-23(31-19-20-6-2-1-3-7-20)24-10-9-21(18-24)28-16-14-26-12-13-27-15-17-30-22-8-4-5-11-29-22/h1-3,6-7,21-22H,4-5,8-19H2/t21-,22?/m0/s1. The van der Waals surface area contributed by atoms with E-state index in [0.29, 0.717) is 52.7 Å². The van der Waals surface area contributed by atoms with Crippen LogP contribution < -0.4 is 0 Å². The van der Waals surface area contributed by atoms with E-state index in [9.17, 15) is 4.79 Å². The summed E-state index contributed by atoms with van der Waals surface area (Å²) in [5.74, 6) is 0. The lowest BCUT2D eigenvalue weighted by Crippen LogP contribution is -2.31. The van der Waals surface area contributed by atoms with Crippen molar-refractivity contribution in [1.82, 2.24) is 4.90 Å². The van der Waals surface area contributed by atoms with Gasteiger partial charge < -0.3 is 33.3 Å². The average molecular weight is 438 g/mol. The molecule has 174 valence electrons. The molecule has 2 fully saturated rings. The summed E-state index contributed by atoms with van der Waals surface area (Å²) in [4.78, 5) is 13.9. The molecule has 1 amide bonds. The summed E-state index contributed by atoms with van der Waals surface area (Å²) in [6.45, 7) is 5.42. The lowest BCUT2D eigenvalue weighted by Gasteiger charge is -2.22. The van der Waals surface area contributed by atoms with Gasteiger partial charge in [0.15, 0.2) is 6.29 Å². The molecule has 8 heteroatoms. The van der Waals surface area contributed by atoms with E-state index in [1.54, 1.807) is 4.90 Å². The highest BCUT2D eigenvalue weighted by Crippen LogP contribution is 2.15. The van der Waals surface area contributed by atoms with E-state index >= 15 is 0 Å². The maximum absolute atomic E-state index is 12.2. The molecule has 0 aromatic heterocycles. The number of benzene rings is 1. The highest BCUT2D eigenvalue weighted by atomic mass is 16.7. The van der Waals surface area contributed by atoms with Gasteiger partial charge in [-0.25, -0.2) is 4.79 Å². The molecule has 0 bridgehead atoms. The Hall–Kier alpha value is -1.71. The molecule has 1 unspecified atom stereocenters. The van der Waals surface area contributed by atoms with E-state index in [1.165, 1.54) is 6.42 Å². The number of likely N-dealkylation sites (tertiary alicyclic amines) is 1. The molecular weight excluding hydrogens is 402 g/mol. The minimum absolute atomic E-state index is 0.0308. The van der Waals surface area contributed by atoms with Gasteiger partial charge in [-0.15, -0.1) is 0 Å². The number of ether oxygens (including phenoxy) is 6. The molecule has 0 saturated carbocycles. The fraction of sp³-hybridized carbons (Fsp3) is 0.696. The van der Waals surface area contributed by atoms with Crippen LogP contribution in [0.4, 0.5) is 4.79 Å². The fourth-order valence-corrected chi connectivity index (χ4v) is 3.52.